The fourth-order valence-corrected chi connectivity index (χ4v) is 1.83. The second-order valence-electron chi connectivity index (χ2n) is 4.29. The molecule has 0 heterocycles. The number of ether oxygens (including phenoxy) is 1. The summed E-state index contributed by atoms with van der Waals surface area (Å²) in [5.41, 5.74) is 0.156. The number of para-hydroxylation sites is 1. The fourth-order valence-electron chi connectivity index (χ4n) is 1.64. The lowest BCUT2D eigenvalue weighted by molar-refractivity contribution is 0.247. The zero-order valence-corrected chi connectivity index (χ0v) is 12.2. The number of hydrogen-bond donors (Lipinski definition) is 2. The standard InChI is InChI=1S/C15H13ClF2N2O2/c16-11-3-1-2-4-14(11)22-8-7-19-15(21)20-10-5-6-12(17)13(18)9-10/h1-6,9H,7-8H2,(H2,19,20,21). The van der Waals surface area contributed by atoms with Crippen LogP contribution in [0.1, 0.15) is 0 Å². The average Bonchev–Trinajstić information content (AvgIpc) is 2.49. The van der Waals surface area contributed by atoms with Gasteiger partial charge in [0, 0.05) is 11.8 Å². The van der Waals surface area contributed by atoms with Crippen LogP contribution in [0.25, 0.3) is 0 Å². The molecule has 2 amide bonds. The molecule has 7 heteroatoms. The van der Waals surface area contributed by atoms with E-state index >= 15 is 0 Å². The number of anilines is 1. The largest absolute Gasteiger partial charge is 0.490 e. The zero-order chi connectivity index (χ0) is 15.9. The molecule has 0 fully saturated rings. The molecule has 2 aromatic rings. The van der Waals surface area contributed by atoms with Gasteiger partial charge in [0.1, 0.15) is 12.4 Å². The number of rotatable bonds is 5. The number of urea groups is 1. The SMILES string of the molecule is O=C(NCCOc1ccccc1Cl)Nc1ccc(F)c(F)c1. The summed E-state index contributed by atoms with van der Waals surface area (Å²) >= 11 is 5.91. The first kappa shape index (κ1) is 16.0. The van der Waals surface area contributed by atoms with E-state index in [0.29, 0.717) is 10.8 Å². The van der Waals surface area contributed by atoms with Crippen molar-refractivity contribution in [2.75, 3.05) is 18.5 Å². The molecule has 0 unspecified atom stereocenters. The number of hydrogen-bond acceptors (Lipinski definition) is 2. The number of carbonyl (C=O) groups excluding carboxylic acids is 1. The fraction of sp³-hybridized carbons (Fsp3) is 0.133. The predicted octanol–water partition coefficient (Wildman–Crippen LogP) is 3.82. The van der Waals surface area contributed by atoms with Crippen molar-refractivity contribution in [2.45, 2.75) is 0 Å². The Morgan fingerprint density at radius 3 is 2.64 bits per heavy atom. The third-order valence-corrected chi connectivity index (χ3v) is 2.97. The third kappa shape index (κ3) is 4.60. The number of nitrogens with one attached hydrogen (secondary N) is 2. The Bertz CT molecular complexity index is 668. The molecule has 2 rings (SSSR count). The van der Waals surface area contributed by atoms with Gasteiger partial charge in [-0.25, -0.2) is 13.6 Å². The van der Waals surface area contributed by atoms with Crippen LogP contribution in [-0.4, -0.2) is 19.2 Å². The lowest BCUT2D eigenvalue weighted by Crippen LogP contribution is -2.32. The topological polar surface area (TPSA) is 50.4 Å². The summed E-state index contributed by atoms with van der Waals surface area (Å²) in [6, 6.07) is 9.52. The van der Waals surface area contributed by atoms with Gasteiger partial charge in [0.05, 0.1) is 11.6 Å². The molecule has 0 saturated carbocycles. The predicted molar refractivity (Wildman–Crippen MR) is 80.3 cm³/mol. The zero-order valence-electron chi connectivity index (χ0n) is 11.4. The van der Waals surface area contributed by atoms with Crippen LogP contribution in [0.15, 0.2) is 42.5 Å². The molecule has 0 aliphatic heterocycles. The molecule has 0 aromatic heterocycles. The molecule has 116 valence electrons. The van der Waals surface area contributed by atoms with E-state index in [1.807, 2.05) is 0 Å². The van der Waals surface area contributed by atoms with Gasteiger partial charge in [0.15, 0.2) is 11.6 Å². The second-order valence-corrected chi connectivity index (χ2v) is 4.70. The van der Waals surface area contributed by atoms with Crippen LogP contribution in [0, 0.1) is 11.6 Å². The Morgan fingerprint density at radius 2 is 1.91 bits per heavy atom. The van der Waals surface area contributed by atoms with Crippen molar-refractivity contribution in [3.05, 3.63) is 59.1 Å². The Labute approximate surface area is 131 Å². The van der Waals surface area contributed by atoms with Crippen molar-refractivity contribution < 1.29 is 18.3 Å². The van der Waals surface area contributed by atoms with E-state index in [1.165, 1.54) is 6.07 Å². The van der Waals surface area contributed by atoms with Crippen molar-refractivity contribution in [3.8, 4) is 5.75 Å². The Kier molecular flexibility index (Phi) is 5.55. The van der Waals surface area contributed by atoms with E-state index in [0.717, 1.165) is 12.1 Å². The minimum Gasteiger partial charge on any atom is -0.490 e. The summed E-state index contributed by atoms with van der Waals surface area (Å²) < 4.78 is 31.1. The molecule has 2 N–H and O–H groups in total. The van der Waals surface area contributed by atoms with Gasteiger partial charge in [-0.3, -0.25) is 0 Å². The highest BCUT2D eigenvalue weighted by Gasteiger charge is 2.06. The first-order valence-corrected chi connectivity index (χ1v) is 6.81. The van der Waals surface area contributed by atoms with Crippen molar-refractivity contribution in [3.63, 3.8) is 0 Å². The van der Waals surface area contributed by atoms with Crippen LogP contribution in [0.4, 0.5) is 19.3 Å². The van der Waals surface area contributed by atoms with E-state index in [4.69, 9.17) is 16.3 Å². The Morgan fingerprint density at radius 1 is 1.14 bits per heavy atom. The van der Waals surface area contributed by atoms with Crippen LogP contribution in [0.2, 0.25) is 5.02 Å². The smallest absolute Gasteiger partial charge is 0.319 e. The van der Waals surface area contributed by atoms with Crippen LogP contribution in [0.5, 0.6) is 5.75 Å². The van der Waals surface area contributed by atoms with Crippen molar-refractivity contribution >= 4 is 23.3 Å². The first-order chi connectivity index (χ1) is 10.6. The minimum absolute atomic E-state index is 0.156. The van der Waals surface area contributed by atoms with Gasteiger partial charge in [-0.15, -0.1) is 0 Å². The second kappa shape index (κ2) is 7.61. The van der Waals surface area contributed by atoms with Crippen molar-refractivity contribution in [2.24, 2.45) is 0 Å². The summed E-state index contributed by atoms with van der Waals surface area (Å²) in [5.74, 6) is -1.48. The van der Waals surface area contributed by atoms with Gasteiger partial charge >= 0.3 is 6.03 Å². The average molecular weight is 327 g/mol. The maximum absolute atomic E-state index is 13.0. The maximum Gasteiger partial charge on any atom is 0.319 e. The molecular weight excluding hydrogens is 314 g/mol. The summed E-state index contributed by atoms with van der Waals surface area (Å²) in [4.78, 5) is 11.6. The van der Waals surface area contributed by atoms with Crippen LogP contribution >= 0.6 is 11.6 Å². The van der Waals surface area contributed by atoms with Crippen molar-refractivity contribution in [1.29, 1.82) is 0 Å². The summed E-state index contributed by atoms with van der Waals surface area (Å²) in [5, 5.41) is 5.38. The molecule has 2 aromatic carbocycles. The van der Waals surface area contributed by atoms with E-state index in [-0.39, 0.29) is 18.8 Å². The Hall–Kier alpha value is -2.34. The van der Waals surface area contributed by atoms with Gasteiger partial charge in [-0.05, 0) is 24.3 Å². The molecule has 0 aliphatic rings. The quantitative estimate of drug-likeness (QED) is 0.821. The molecule has 0 aliphatic carbocycles. The number of amides is 2. The van der Waals surface area contributed by atoms with Gasteiger partial charge in [-0.1, -0.05) is 23.7 Å². The van der Waals surface area contributed by atoms with Gasteiger partial charge in [-0.2, -0.15) is 0 Å². The van der Waals surface area contributed by atoms with Gasteiger partial charge in [0.25, 0.3) is 0 Å². The van der Waals surface area contributed by atoms with Gasteiger partial charge < -0.3 is 15.4 Å². The normalized spacial score (nSPS) is 10.1. The highest BCUT2D eigenvalue weighted by atomic mass is 35.5. The highest BCUT2D eigenvalue weighted by Crippen LogP contribution is 2.22. The first-order valence-electron chi connectivity index (χ1n) is 6.43. The maximum atomic E-state index is 13.0. The lowest BCUT2D eigenvalue weighted by atomic mass is 10.3. The van der Waals surface area contributed by atoms with E-state index in [9.17, 15) is 13.6 Å². The summed E-state index contributed by atoms with van der Waals surface area (Å²) in [6.07, 6.45) is 0. The molecular formula is C15H13ClF2N2O2. The van der Waals surface area contributed by atoms with Crippen molar-refractivity contribution in [1.82, 2.24) is 5.32 Å². The number of carbonyl (C=O) groups is 1. The van der Waals surface area contributed by atoms with Gasteiger partial charge in [0.2, 0.25) is 0 Å². The Balaban J connectivity index is 1.74. The highest BCUT2D eigenvalue weighted by molar-refractivity contribution is 6.32. The number of benzene rings is 2. The lowest BCUT2D eigenvalue weighted by Gasteiger charge is -2.10. The molecule has 4 nitrogen and oxygen atoms in total. The molecule has 0 atom stereocenters. The molecule has 22 heavy (non-hydrogen) atoms. The monoisotopic (exact) mass is 326 g/mol. The third-order valence-electron chi connectivity index (χ3n) is 2.66. The van der Waals surface area contributed by atoms with E-state index < -0.39 is 17.7 Å². The van der Waals surface area contributed by atoms with Crippen LogP contribution in [-0.2, 0) is 0 Å². The van der Waals surface area contributed by atoms with Crippen LogP contribution < -0.4 is 15.4 Å². The summed E-state index contributed by atoms with van der Waals surface area (Å²) in [6.45, 7) is 0.440. The molecule has 0 saturated heterocycles. The minimum atomic E-state index is -1.03. The molecule has 0 bridgehead atoms. The van der Waals surface area contributed by atoms with E-state index in [1.54, 1.807) is 24.3 Å². The summed E-state index contributed by atoms with van der Waals surface area (Å²) in [7, 11) is 0. The van der Waals surface area contributed by atoms with E-state index in [2.05, 4.69) is 10.6 Å². The molecule has 0 radical (unpaired) electrons. The van der Waals surface area contributed by atoms with Crippen LogP contribution in [0.3, 0.4) is 0 Å². The molecule has 0 spiro atoms. The number of halogens is 3.